The monoisotopic (exact) mass is 374 g/mol. The van der Waals surface area contributed by atoms with Crippen LogP contribution in [-0.2, 0) is 9.59 Å². The summed E-state index contributed by atoms with van der Waals surface area (Å²) < 4.78 is 0. The number of nitrogens with one attached hydrogen (secondary N) is 2. The summed E-state index contributed by atoms with van der Waals surface area (Å²) in [5.74, 6) is 0.0000773. The predicted octanol–water partition coefficient (Wildman–Crippen LogP) is 1.45. The van der Waals surface area contributed by atoms with Crippen molar-refractivity contribution in [2.45, 2.75) is 6.42 Å². The summed E-state index contributed by atoms with van der Waals surface area (Å²) in [7, 11) is 1.85. The highest BCUT2D eigenvalue weighted by Crippen LogP contribution is 2.20. The Kier molecular flexibility index (Phi) is 9.07. The third-order valence-corrected chi connectivity index (χ3v) is 4.07. The van der Waals surface area contributed by atoms with E-state index in [-0.39, 0.29) is 24.2 Å². The second-order valence-corrected chi connectivity index (χ2v) is 6.05. The Morgan fingerprint density at radius 2 is 1.96 bits per heavy atom. The Hall–Kier alpha value is -1.34. The van der Waals surface area contributed by atoms with Crippen LogP contribution in [0.3, 0.4) is 0 Å². The average Bonchev–Trinajstić information content (AvgIpc) is 2.56. The minimum absolute atomic E-state index is 0. The Bertz CT molecular complexity index is 551. The van der Waals surface area contributed by atoms with Gasteiger partial charge in [-0.15, -0.1) is 12.4 Å². The zero-order valence-electron chi connectivity index (χ0n) is 13.8. The van der Waals surface area contributed by atoms with Gasteiger partial charge in [-0.3, -0.25) is 14.5 Å². The van der Waals surface area contributed by atoms with E-state index < -0.39 is 0 Å². The van der Waals surface area contributed by atoms with Crippen molar-refractivity contribution >= 4 is 41.5 Å². The second-order valence-electron chi connectivity index (χ2n) is 5.65. The molecule has 24 heavy (non-hydrogen) atoms. The average molecular weight is 375 g/mol. The molecule has 1 aliphatic heterocycles. The fourth-order valence-electron chi connectivity index (χ4n) is 2.39. The van der Waals surface area contributed by atoms with Crippen LogP contribution >= 0.6 is 24.0 Å². The lowest BCUT2D eigenvalue weighted by Crippen LogP contribution is -2.49. The Labute approximate surface area is 153 Å². The van der Waals surface area contributed by atoms with E-state index in [0.717, 1.165) is 26.2 Å². The molecule has 6 nitrogen and oxygen atoms in total. The van der Waals surface area contributed by atoms with Gasteiger partial charge in [0.2, 0.25) is 11.8 Å². The zero-order valence-corrected chi connectivity index (χ0v) is 15.3. The maximum atomic E-state index is 12.1. The molecular formula is C16H24Cl2N4O2. The zero-order chi connectivity index (χ0) is 16.7. The van der Waals surface area contributed by atoms with Crippen molar-refractivity contribution in [1.29, 1.82) is 0 Å². The van der Waals surface area contributed by atoms with E-state index in [2.05, 4.69) is 10.6 Å². The van der Waals surface area contributed by atoms with Crippen molar-refractivity contribution in [3.8, 4) is 0 Å². The van der Waals surface area contributed by atoms with Crippen LogP contribution in [0.15, 0.2) is 24.3 Å². The molecule has 8 heteroatoms. The molecule has 1 saturated heterocycles. The molecule has 1 aromatic carbocycles. The van der Waals surface area contributed by atoms with Gasteiger partial charge in [0.15, 0.2) is 0 Å². The molecule has 0 atom stereocenters. The minimum atomic E-state index is -0.112. The van der Waals surface area contributed by atoms with E-state index in [0.29, 0.717) is 30.2 Å². The summed E-state index contributed by atoms with van der Waals surface area (Å²) in [6, 6.07) is 7.13. The van der Waals surface area contributed by atoms with Gasteiger partial charge in [-0.25, -0.2) is 0 Å². The van der Waals surface area contributed by atoms with Gasteiger partial charge in [0.25, 0.3) is 0 Å². The van der Waals surface area contributed by atoms with Crippen molar-refractivity contribution in [3.05, 3.63) is 29.3 Å². The summed E-state index contributed by atoms with van der Waals surface area (Å²) in [6.07, 6.45) is 0.316. The summed E-state index contributed by atoms with van der Waals surface area (Å²) in [6.45, 7) is 4.04. The van der Waals surface area contributed by atoms with Gasteiger partial charge in [-0.1, -0.05) is 23.7 Å². The number of rotatable bonds is 6. The summed E-state index contributed by atoms with van der Waals surface area (Å²) >= 11 is 6.01. The maximum absolute atomic E-state index is 12.1. The molecule has 1 aromatic rings. The number of carbonyl (C=O) groups is 2. The molecule has 1 fully saturated rings. The molecule has 0 bridgehead atoms. The van der Waals surface area contributed by atoms with Crippen LogP contribution in [0.2, 0.25) is 5.02 Å². The number of nitrogens with zero attached hydrogens (tertiary/aromatic N) is 2. The molecule has 0 radical (unpaired) electrons. The van der Waals surface area contributed by atoms with Crippen LogP contribution in [0.25, 0.3) is 0 Å². The number of hydrogen-bond acceptors (Lipinski definition) is 4. The first-order valence-electron chi connectivity index (χ1n) is 7.77. The van der Waals surface area contributed by atoms with Crippen molar-refractivity contribution in [1.82, 2.24) is 15.1 Å². The minimum Gasteiger partial charge on any atom is -0.339 e. The third-order valence-electron chi connectivity index (χ3n) is 3.74. The number of carbonyl (C=O) groups excluding carboxylic acids is 2. The number of halogens is 2. The number of anilines is 1. The number of para-hydroxylation sites is 1. The molecule has 1 aliphatic rings. The van der Waals surface area contributed by atoms with Gasteiger partial charge in [-0.2, -0.15) is 0 Å². The fourth-order valence-corrected chi connectivity index (χ4v) is 2.57. The summed E-state index contributed by atoms with van der Waals surface area (Å²) in [5.41, 5.74) is 0.610. The topological polar surface area (TPSA) is 64.7 Å². The van der Waals surface area contributed by atoms with Crippen LogP contribution in [-0.4, -0.2) is 67.9 Å². The van der Waals surface area contributed by atoms with Crippen LogP contribution in [0, 0.1) is 0 Å². The van der Waals surface area contributed by atoms with Crippen LogP contribution < -0.4 is 10.6 Å². The first-order valence-corrected chi connectivity index (χ1v) is 8.15. The van der Waals surface area contributed by atoms with E-state index in [9.17, 15) is 9.59 Å². The Balaban J connectivity index is 0.00000288. The van der Waals surface area contributed by atoms with E-state index in [1.54, 1.807) is 12.1 Å². The Morgan fingerprint density at radius 3 is 2.62 bits per heavy atom. The van der Waals surface area contributed by atoms with Gasteiger partial charge in [0.1, 0.15) is 0 Å². The SMILES string of the molecule is CN(CCC(=O)Nc1ccccc1Cl)CC(=O)N1CCNCC1.Cl. The van der Waals surface area contributed by atoms with Crippen LogP contribution in [0.5, 0.6) is 0 Å². The first-order chi connectivity index (χ1) is 11.1. The van der Waals surface area contributed by atoms with Gasteiger partial charge in [-0.05, 0) is 19.2 Å². The maximum Gasteiger partial charge on any atom is 0.236 e. The predicted molar refractivity (Wildman–Crippen MR) is 98.9 cm³/mol. The number of benzene rings is 1. The van der Waals surface area contributed by atoms with Gasteiger partial charge in [0, 0.05) is 39.1 Å². The quantitative estimate of drug-likeness (QED) is 0.790. The number of amides is 2. The molecule has 0 spiro atoms. The fraction of sp³-hybridized carbons (Fsp3) is 0.500. The highest BCUT2D eigenvalue weighted by Gasteiger charge is 2.17. The molecule has 134 valence electrons. The highest BCUT2D eigenvalue weighted by molar-refractivity contribution is 6.33. The lowest BCUT2D eigenvalue weighted by atomic mass is 10.3. The highest BCUT2D eigenvalue weighted by atomic mass is 35.5. The van der Waals surface area contributed by atoms with E-state index in [1.165, 1.54) is 0 Å². The number of hydrogen-bond donors (Lipinski definition) is 2. The third kappa shape index (κ3) is 6.65. The second kappa shape index (κ2) is 10.5. The van der Waals surface area contributed by atoms with Crippen LogP contribution in [0.4, 0.5) is 5.69 Å². The number of likely N-dealkylation sites (N-methyl/N-ethyl adjacent to an activating group) is 1. The molecule has 2 amide bonds. The smallest absolute Gasteiger partial charge is 0.236 e. The lowest BCUT2D eigenvalue weighted by molar-refractivity contribution is -0.133. The molecule has 2 N–H and O–H groups in total. The summed E-state index contributed by atoms with van der Waals surface area (Å²) in [4.78, 5) is 27.8. The molecule has 0 aliphatic carbocycles. The first kappa shape index (κ1) is 20.7. The van der Waals surface area contributed by atoms with Crippen molar-refractivity contribution in [3.63, 3.8) is 0 Å². The number of piperazine rings is 1. The molecule has 0 aromatic heterocycles. The standard InChI is InChI=1S/C16H23ClN4O2.ClH/c1-20(12-16(23)21-10-7-18-8-11-21)9-6-15(22)19-14-5-3-2-4-13(14)17;/h2-5,18H,6-12H2,1H3,(H,19,22);1H. The summed E-state index contributed by atoms with van der Waals surface area (Å²) in [5, 5.41) is 6.52. The van der Waals surface area contributed by atoms with Crippen LogP contribution in [0.1, 0.15) is 6.42 Å². The normalized spacial score (nSPS) is 14.2. The van der Waals surface area contributed by atoms with Crippen molar-refractivity contribution in [2.75, 3.05) is 51.6 Å². The largest absolute Gasteiger partial charge is 0.339 e. The van der Waals surface area contributed by atoms with E-state index in [1.807, 2.05) is 29.0 Å². The lowest BCUT2D eigenvalue weighted by Gasteiger charge is -2.29. The van der Waals surface area contributed by atoms with E-state index in [4.69, 9.17) is 11.6 Å². The molecule has 1 heterocycles. The van der Waals surface area contributed by atoms with Gasteiger partial charge < -0.3 is 15.5 Å². The van der Waals surface area contributed by atoms with Gasteiger partial charge >= 0.3 is 0 Å². The molecule has 0 saturated carbocycles. The van der Waals surface area contributed by atoms with Crippen molar-refractivity contribution < 1.29 is 9.59 Å². The molecule has 0 unspecified atom stereocenters. The van der Waals surface area contributed by atoms with Gasteiger partial charge in [0.05, 0.1) is 17.3 Å². The van der Waals surface area contributed by atoms with Crippen molar-refractivity contribution in [2.24, 2.45) is 0 Å². The molecular weight excluding hydrogens is 351 g/mol. The Morgan fingerprint density at radius 1 is 1.29 bits per heavy atom. The molecule has 2 rings (SSSR count). The van der Waals surface area contributed by atoms with E-state index >= 15 is 0 Å².